The van der Waals surface area contributed by atoms with Crippen LogP contribution in [-0.2, 0) is 6.54 Å². The molecule has 0 amide bonds. The van der Waals surface area contributed by atoms with Gasteiger partial charge in [0.25, 0.3) is 0 Å². The number of nitrogens with one attached hydrogen (secondary N) is 1. The molecule has 3 aromatic carbocycles. The fourth-order valence-corrected chi connectivity index (χ4v) is 2.44. The summed E-state index contributed by atoms with van der Waals surface area (Å²) in [6.07, 6.45) is 0.862. The molecule has 0 heterocycles. The van der Waals surface area contributed by atoms with Gasteiger partial charge in [0.2, 0.25) is 0 Å². The van der Waals surface area contributed by atoms with Gasteiger partial charge >= 0.3 is 0 Å². The van der Waals surface area contributed by atoms with E-state index >= 15 is 0 Å². The predicted molar refractivity (Wildman–Crippen MR) is 95.8 cm³/mol. The number of hydrogen-bond donors (Lipinski definition) is 1. The third-order valence-electron chi connectivity index (χ3n) is 3.88. The highest BCUT2D eigenvalue weighted by Gasteiger charge is 1.99. The Kier molecular flexibility index (Phi) is 4.53. The van der Waals surface area contributed by atoms with Crippen molar-refractivity contribution in [2.24, 2.45) is 0 Å². The molecule has 0 atom stereocenters. The normalized spacial score (nSPS) is 10.3. The number of carbonyl (C=O) groups is 1. The first kappa shape index (κ1) is 15.0. The number of rotatable bonds is 5. The van der Waals surface area contributed by atoms with Gasteiger partial charge in [-0.3, -0.25) is 4.79 Å². The largest absolute Gasteiger partial charge is 0.381 e. The lowest BCUT2D eigenvalue weighted by molar-refractivity contribution is 0.112. The highest BCUT2D eigenvalue weighted by atomic mass is 16.1. The van der Waals surface area contributed by atoms with E-state index in [1.807, 2.05) is 24.3 Å². The van der Waals surface area contributed by atoms with Crippen LogP contribution in [0.1, 0.15) is 21.5 Å². The molecule has 0 aromatic heterocycles. The number of carbonyl (C=O) groups excluding carboxylic acids is 1. The van der Waals surface area contributed by atoms with Crippen LogP contribution in [0.3, 0.4) is 0 Å². The molecule has 2 heteroatoms. The third-order valence-corrected chi connectivity index (χ3v) is 3.88. The van der Waals surface area contributed by atoms with E-state index in [-0.39, 0.29) is 0 Å². The maximum absolute atomic E-state index is 10.6. The quantitative estimate of drug-likeness (QED) is 0.665. The van der Waals surface area contributed by atoms with Gasteiger partial charge in [-0.25, -0.2) is 0 Å². The van der Waals surface area contributed by atoms with Crippen molar-refractivity contribution < 1.29 is 4.79 Å². The van der Waals surface area contributed by atoms with Crippen molar-refractivity contribution in [2.45, 2.75) is 13.5 Å². The third kappa shape index (κ3) is 3.86. The lowest BCUT2D eigenvalue weighted by Crippen LogP contribution is -1.99. The Hall–Kier alpha value is -2.87. The van der Waals surface area contributed by atoms with Crippen LogP contribution in [0, 0.1) is 6.92 Å². The molecule has 0 aliphatic rings. The van der Waals surface area contributed by atoms with Crippen LogP contribution in [0.5, 0.6) is 0 Å². The van der Waals surface area contributed by atoms with Crippen LogP contribution >= 0.6 is 0 Å². The minimum absolute atomic E-state index is 0.705. The van der Waals surface area contributed by atoms with Crippen LogP contribution in [0.2, 0.25) is 0 Å². The minimum Gasteiger partial charge on any atom is -0.381 e. The van der Waals surface area contributed by atoms with Gasteiger partial charge in [-0.15, -0.1) is 0 Å². The lowest BCUT2D eigenvalue weighted by Gasteiger charge is -2.08. The van der Waals surface area contributed by atoms with Crippen LogP contribution in [0.15, 0.2) is 72.8 Å². The van der Waals surface area contributed by atoms with Gasteiger partial charge in [-0.05, 0) is 35.7 Å². The average Bonchev–Trinajstić information content (AvgIpc) is 2.61. The molecular weight excluding hydrogens is 282 g/mol. The van der Waals surface area contributed by atoms with E-state index in [0.717, 1.165) is 24.1 Å². The van der Waals surface area contributed by atoms with E-state index in [0.29, 0.717) is 5.56 Å². The zero-order valence-corrected chi connectivity index (χ0v) is 13.1. The molecule has 1 N–H and O–H groups in total. The highest BCUT2D eigenvalue weighted by Crippen LogP contribution is 2.22. The first-order valence-corrected chi connectivity index (χ1v) is 7.70. The summed E-state index contributed by atoms with van der Waals surface area (Å²) in [5.41, 5.74) is 6.65. The first-order chi connectivity index (χ1) is 11.2. The van der Waals surface area contributed by atoms with Gasteiger partial charge in [0.05, 0.1) is 0 Å². The van der Waals surface area contributed by atoms with E-state index in [1.165, 1.54) is 16.7 Å². The van der Waals surface area contributed by atoms with Crippen molar-refractivity contribution in [1.82, 2.24) is 0 Å². The summed E-state index contributed by atoms with van der Waals surface area (Å²) in [6, 6.07) is 24.6. The Morgan fingerprint density at radius 2 is 1.35 bits per heavy atom. The van der Waals surface area contributed by atoms with Crippen LogP contribution in [0.25, 0.3) is 11.1 Å². The van der Waals surface area contributed by atoms with Crippen molar-refractivity contribution in [3.8, 4) is 11.1 Å². The Labute approximate surface area is 136 Å². The van der Waals surface area contributed by atoms with Gasteiger partial charge < -0.3 is 5.32 Å². The van der Waals surface area contributed by atoms with Crippen LogP contribution < -0.4 is 5.32 Å². The number of aryl methyl sites for hydroxylation is 1. The number of anilines is 1. The maximum atomic E-state index is 10.6. The topological polar surface area (TPSA) is 29.1 Å². The zero-order chi connectivity index (χ0) is 16.1. The number of aldehydes is 1. The summed E-state index contributed by atoms with van der Waals surface area (Å²) in [7, 11) is 0. The summed E-state index contributed by atoms with van der Waals surface area (Å²) in [6.45, 7) is 2.83. The summed E-state index contributed by atoms with van der Waals surface area (Å²) in [5.74, 6) is 0. The molecule has 0 fully saturated rings. The second-order valence-electron chi connectivity index (χ2n) is 5.66. The summed E-state index contributed by atoms with van der Waals surface area (Å²) < 4.78 is 0. The maximum Gasteiger partial charge on any atom is 0.150 e. The van der Waals surface area contributed by atoms with Crippen LogP contribution in [-0.4, -0.2) is 6.29 Å². The fraction of sp³-hybridized carbons (Fsp3) is 0.0952. The first-order valence-electron chi connectivity index (χ1n) is 7.70. The average molecular weight is 301 g/mol. The lowest BCUT2D eigenvalue weighted by atomic mass is 10.0. The predicted octanol–water partition coefficient (Wildman–Crippen LogP) is 5.09. The van der Waals surface area contributed by atoms with Crippen molar-refractivity contribution in [3.63, 3.8) is 0 Å². The van der Waals surface area contributed by atoms with Crippen molar-refractivity contribution >= 4 is 12.0 Å². The van der Waals surface area contributed by atoms with E-state index in [1.54, 1.807) is 0 Å². The second-order valence-corrected chi connectivity index (χ2v) is 5.66. The minimum atomic E-state index is 0.705. The van der Waals surface area contributed by atoms with Gasteiger partial charge in [-0.1, -0.05) is 66.2 Å². The molecular formula is C21H19NO. The molecule has 2 nitrogen and oxygen atoms in total. The SMILES string of the molecule is Cc1ccc(-c2ccc(NCc3ccc(C=O)cc3)cc2)cc1. The molecule has 0 aliphatic heterocycles. The Morgan fingerprint density at radius 1 is 0.783 bits per heavy atom. The molecule has 0 aliphatic carbocycles. The fourth-order valence-electron chi connectivity index (χ4n) is 2.44. The van der Waals surface area contributed by atoms with Crippen molar-refractivity contribution in [1.29, 1.82) is 0 Å². The zero-order valence-electron chi connectivity index (χ0n) is 13.1. The molecule has 0 saturated carbocycles. The van der Waals surface area contributed by atoms with E-state index in [9.17, 15) is 4.79 Å². The molecule has 0 spiro atoms. The van der Waals surface area contributed by atoms with Crippen molar-refractivity contribution in [3.05, 3.63) is 89.5 Å². The van der Waals surface area contributed by atoms with Gasteiger partial charge in [-0.2, -0.15) is 0 Å². The molecule has 3 rings (SSSR count). The Bertz CT molecular complexity index is 772. The molecule has 0 bridgehead atoms. The summed E-state index contributed by atoms with van der Waals surface area (Å²) >= 11 is 0. The smallest absolute Gasteiger partial charge is 0.150 e. The second kappa shape index (κ2) is 6.93. The Balaban J connectivity index is 1.65. The highest BCUT2D eigenvalue weighted by molar-refractivity contribution is 5.74. The Morgan fingerprint density at radius 3 is 1.91 bits per heavy atom. The van der Waals surface area contributed by atoms with Crippen molar-refractivity contribution in [2.75, 3.05) is 5.32 Å². The monoisotopic (exact) mass is 301 g/mol. The molecule has 0 saturated heterocycles. The van der Waals surface area contributed by atoms with Crippen LogP contribution in [0.4, 0.5) is 5.69 Å². The number of hydrogen-bond acceptors (Lipinski definition) is 2. The summed E-state index contributed by atoms with van der Waals surface area (Å²) in [4.78, 5) is 10.6. The van der Waals surface area contributed by atoms with Gasteiger partial charge in [0.1, 0.15) is 6.29 Å². The van der Waals surface area contributed by atoms with E-state index in [4.69, 9.17) is 0 Å². The standard InChI is InChI=1S/C21H19NO/c1-16-2-8-19(9-3-16)20-10-12-21(13-11-20)22-14-17-4-6-18(15-23)7-5-17/h2-13,15,22H,14H2,1H3. The molecule has 0 unspecified atom stereocenters. The molecule has 114 valence electrons. The summed E-state index contributed by atoms with van der Waals surface area (Å²) in [5, 5.41) is 3.40. The molecule has 3 aromatic rings. The molecule has 0 radical (unpaired) electrons. The van der Waals surface area contributed by atoms with E-state index in [2.05, 4.69) is 60.8 Å². The van der Waals surface area contributed by atoms with Gasteiger partial charge in [0, 0.05) is 17.8 Å². The van der Waals surface area contributed by atoms with E-state index < -0.39 is 0 Å². The molecule has 23 heavy (non-hydrogen) atoms. The van der Waals surface area contributed by atoms with Gasteiger partial charge in [0.15, 0.2) is 0 Å². The number of benzene rings is 3.